The summed E-state index contributed by atoms with van der Waals surface area (Å²) in [6.07, 6.45) is 2.12. The van der Waals surface area contributed by atoms with Gasteiger partial charge in [0.1, 0.15) is 11.5 Å². The van der Waals surface area contributed by atoms with Crippen molar-refractivity contribution in [3.05, 3.63) is 70.2 Å². The summed E-state index contributed by atoms with van der Waals surface area (Å²) >= 11 is 1.48. The van der Waals surface area contributed by atoms with Gasteiger partial charge in [0.2, 0.25) is 5.91 Å². The molecule has 4 rings (SSSR count). The van der Waals surface area contributed by atoms with Crippen molar-refractivity contribution >= 4 is 22.4 Å². The average Bonchev–Trinajstić information content (AvgIpc) is 3.24. The number of methoxy groups -OCH3 is 2. The highest BCUT2D eigenvalue weighted by Crippen LogP contribution is 2.25. The maximum absolute atomic E-state index is 12.3. The lowest BCUT2D eigenvalue weighted by atomic mass is 9.99. The largest absolute Gasteiger partial charge is 0.497 e. The number of fused-ring (bicyclic) bond motifs is 1. The molecule has 0 unspecified atom stereocenters. The molecule has 3 aromatic rings. The molecular weight excluding hydrogens is 410 g/mol. The second-order valence-electron chi connectivity index (χ2n) is 7.64. The summed E-state index contributed by atoms with van der Waals surface area (Å²) in [4.78, 5) is 19.3. The number of carbonyl (C=O) groups is 1. The summed E-state index contributed by atoms with van der Waals surface area (Å²) in [5.74, 6) is 1.72. The van der Waals surface area contributed by atoms with Crippen molar-refractivity contribution in [1.29, 1.82) is 0 Å². The third kappa shape index (κ3) is 5.62. The van der Waals surface area contributed by atoms with Crippen molar-refractivity contribution < 1.29 is 14.3 Å². The van der Waals surface area contributed by atoms with E-state index in [1.165, 1.54) is 22.5 Å². The van der Waals surface area contributed by atoms with Crippen LogP contribution in [-0.2, 0) is 30.7 Å². The second-order valence-corrected chi connectivity index (χ2v) is 8.49. The topological polar surface area (TPSA) is 63.7 Å². The molecule has 0 saturated carbocycles. The molecule has 2 aromatic carbocycles. The molecule has 0 atom stereocenters. The number of amides is 1. The number of thiazole rings is 1. The zero-order valence-electron chi connectivity index (χ0n) is 17.9. The van der Waals surface area contributed by atoms with Gasteiger partial charge in [-0.1, -0.05) is 18.2 Å². The van der Waals surface area contributed by atoms with E-state index in [4.69, 9.17) is 9.47 Å². The Morgan fingerprint density at radius 3 is 2.65 bits per heavy atom. The van der Waals surface area contributed by atoms with Gasteiger partial charge in [0, 0.05) is 31.4 Å². The number of hydrogen-bond donors (Lipinski definition) is 1. The van der Waals surface area contributed by atoms with Crippen LogP contribution in [0.1, 0.15) is 28.8 Å². The van der Waals surface area contributed by atoms with Gasteiger partial charge < -0.3 is 14.8 Å². The maximum atomic E-state index is 12.3. The summed E-state index contributed by atoms with van der Waals surface area (Å²) in [6, 6.07) is 14.1. The molecule has 1 N–H and O–H groups in total. The molecule has 162 valence electrons. The Morgan fingerprint density at radius 2 is 1.87 bits per heavy atom. The fourth-order valence-corrected chi connectivity index (χ4v) is 4.47. The lowest BCUT2D eigenvalue weighted by molar-refractivity contribution is -0.116. The molecule has 0 saturated heterocycles. The highest BCUT2D eigenvalue weighted by Gasteiger charge is 2.18. The second kappa shape index (κ2) is 9.94. The maximum Gasteiger partial charge on any atom is 0.226 e. The zero-order chi connectivity index (χ0) is 21.6. The SMILES string of the molecule is COc1ccc(CCC(=O)Nc2nc(CN3CCc4cc(OC)ccc4C3)cs2)cc1. The Bertz CT molecular complexity index is 1030. The van der Waals surface area contributed by atoms with Crippen molar-refractivity contribution in [2.75, 3.05) is 26.1 Å². The summed E-state index contributed by atoms with van der Waals surface area (Å²) in [6.45, 7) is 2.67. The van der Waals surface area contributed by atoms with E-state index >= 15 is 0 Å². The third-order valence-corrected chi connectivity index (χ3v) is 6.29. The third-order valence-electron chi connectivity index (χ3n) is 5.49. The Balaban J connectivity index is 1.26. The Labute approximate surface area is 186 Å². The number of carbonyl (C=O) groups excluding carboxylic acids is 1. The van der Waals surface area contributed by atoms with Crippen LogP contribution in [0, 0.1) is 0 Å². The number of aromatic nitrogens is 1. The van der Waals surface area contributed by atoms with E-state index in [1.54, 1.807) is 14.2 Å². The molecule has 1 amide bonds. The molecule has 1 aliphatic heterocycles. The normalized spacial score (nSPS) is 13.5. The highest BCUT2D eigenvalue weighted by atomic mass is 32.1. The van der Waals surface area contributed by atoms with Gasteiger partial charge in [-0.05, 0) is 53.8 Å². The fraction of sp³-hybridized carbons (Fsp3) is 0.333. The standard InChI is InChI=1S/C24H27N3O3S/c1-29-21-7-3-17(4-8-21)5-10-23(28)26-24-25-20(16-31-24)15-27-12-11-18-13-22(30-2)9-6-19(18)14-27/h3-4,6-9,13,16H,5,10-12,14-15H2,1-2H3,(H,25,26,28). The van der Waals surface area contributed by atoms with Crippen molar-refractivity contribution in [2.24, 2.45) is 0 Å². The van der Waals surface area contributed by atoms with Crippen LogP contribution in [0.15, 0.2) is 47.8 Å². The number of anilines is 1. The molecule has 0 aliphatic carbocycles. The van der Waals surface area contributed by atoms with Gasteiger partial charge >= 0.3 is 0 Å². The van der Waals surface area contributed by atoms with Gasteiger partial charge in [-0.15, -0.1) is 11.3 Å². The number of aryl methyl sites for hydroxylation is 1. The van der Waals surface area contributed by atoms with Crippen LogP contribution in [0.25, 0.3) is 0 Å². The van der Waals surface area contributed by atoms with Gasteiger partial charge in [-0.3, -0.25) is 9.69 Å². The summed E-state index contributed by atoms with van der Waals surface area (Å²) < 4.78 is 10.5. The molecule has 1 aromatic heterocycles. The molecule has 0 spiro atoms. The Hall–Kier alpha value is -2.90. The van der Waals surface area contributed by atoms with Crippen molar-refractivity contribution in [3.63, 3.8) is 0 Å². The smallest absolute Gasteiger partial charge is 0.226 e. The summed E-state index contributed by atoms with van der Waals surface area (Å²) in [5, 5.41) is 5.63. The van der Waals surface area contributed by atoms with E-state index in [-0.39, 0.29) is 5.91 Å². The number of nitrogens with zero attached hydrogens (tertiary/aromatic N) is 2. The zero-order valence-corrected chi connectivity index (χ0v) is 18.7. The minimum atomic E-state index is -0.0161. The molecule has 1 aliphatic rings. The molecule has 2 heterocycles. The molecule has 0 fully saturated rings. The first-order valence-electron chi connectivity index (χ1n) is 10.4. The number of benzene rings is 2. The minimum Gasteiger partial charge on any atom is -0.497 e. The quantitative estimate of drug-likeness (QED) is 0.570. The van der Waals surface area contributed by atoms with Gasteiger partial charge in [-0.25, -0.2) is 4.98 Å². The molecule has 6 nitrogen and oxygen atoms in total. The number of ether oxygens (including phenoxy) is 2. The predicted molar refractivity (Wildman–Crippen MR) is 123 cm³/mol. The van der Waals surface area contributed by atoms with E-state index in [2.05, 4.69) is 27.3 Å². The van der Waals surface area contributed by atoms with Crippen LogP contribution in [0.5, 0.6) is 11.5 Å². The van der Waals surface area contributed by atoms with Gasteiger partial charge in [0.05, 0.1) is 19.9 Å². The molecular formula is C24H27N3O3S. The molecule has 0 bridgehead atoms. The molecule has 31 heavy (non-hydrogen) atoms. The molecule has 0 radical (unpaired) electrons. The van der Waals surface area contributed by atoms with Gasteiger partial charge in [-0.2, -0.15) is 0 Å². The number of nitrogens with one attached hydrogen (secondary N) is 1. The lowest BCUT2D eigenvalue weighted by Crippen LogP contribution is -2.30. The van der Waals surface area contributed by atoms with Crippen LogP contribution in [0.2, 0.25) is 0 Å². The first-order chi connectivity index (χ1) is 15.1. The first kappa shape index (κ1) is 21.3. The van der Waals surface area contributed by atoms with Crippen molar-refractivity contribution in [3.8, 4) is 11.5 Å². The summed E-state index contributed by atoms with van der Waals surface area (Å²) in [7, 11) is 3.35. The Kier molecular flexibility index (Phi) is 6.84. The van der Waals surface area contributed by atoms with E-state index in [0.29, 0.717) is 18.0 Å². The van der Waals surface area contributed by atoms with Gasteiger partial charge in [0.15, 0.2) is 5.13 Å². The van der Waals surface area contributed by atoms with Crippen LogP contribution in [0.4, 0.5) is 5.13 Å². The summed E-state index contributed by atoms with van der Waals surface area (Å²) in [5.41, 5.74) is 4.80. The van der Waals surface area contributed by atoms with Crippen molar-refractivity contribution in [1.82, 2.24) is 9.88 Å². The monoisotopic (exact) mass is 437 g/mol. The van der Waals surface area contributed by atoms with Crippen LogP contribution < -0.4 is 14.8 Å². The Morgan fingerprint density at radius 1 is 1.10 bits per heavy atom. The van der Waals surface area contributed by atoms with Crippen molar-refractivity contribution in [2.45, 2.75) is 32.4 Å². The van der Waals surface area contributed by atoms with Crippen LogP contribution in [0.3, 0.4) is 0 Å². The predicted octanol–water partition coefficient (Wildman–Crippen LogP) is 4.29. The van der Waals surface area contributed by atoms with Crippen LogP contribution >= 0.6 is 11.3 Å². The molecule has 7 heteroatoms. The van der Waals surface area contributed by atoms with Gasteiger partial charge in [0.25, 0.3) is 0 Å². The van der Waals surface area contributed by atoms with E-state index < -0.39 is 0 Å². The number of rotatable bonds is 8. The lowest BCUT2D eigenvalue weighted by Gasteiger charge is -2.28. The fourth-order valence-electron chi connectivity index (χ4n) is 3.75. The van der Waals surface area contributed by atoms with E-state index in [1.807, 2.05) is 35.7 Å². The average molecular weight is 438 g/mol. The van der Waals surface area contributed by atoms with E-state index in [9.17, 15) is 4.79 Å². The first-order valence-corrected chi connectivity index (χ1v) is 11.3. The minimum absolute atomic E-state index is 0.0161. The van der Waals surface area contributed by atoms with E-state index in [0.717, 1.165) is 48.8 Å². The number of hydrogen-bond acceptors (Lipinski definition) is 6. The highest BCUT2D eigenvalue weighted by molar-refractivity contribution is 7.13. The van der Waals surface area contributed by atoms with Crippen LogP contribution in [-0.4, -0.2) is 36.6 Å².